The third-order valence-corrected chi connectivity index (χ3v) is 5.15. The fourth-order valence-electron chi connectivity index (χ4n) is 1.56. The molecule has 11 heteroatoms. The maximum absolute atomic E-state index is 10.4. The fraction of sp³-hybridized carbons (Fsp3) is 0.800. The molecular formula is C20H38O10Zr. The molecule has 0 N–H and O–H groups in total. The van der Waals surface area contributed by atoms with Gasteiger partial charge in [-0.3, -0.25) is 19.2 Å². The second-order valence-corrected chi connectivity index (χ2v) is 7.79. The first kappa shape index (κ1) is 34.6. The van der Waals surface area contributed by atoms with E-state index >= 15 is 0 Å². The van der Waals surface area contributed by atoms with E-state index in [1.807, 2.05) is 13.8 Å². The van der Waals surface area contributed by atoms with Gasteiger partial charge >= 0.3 is 105 Å². The number of Topliss-reactive ketones (excluding diaryl/α,β-unsaturated/α-hetero) is 2. The van der Waals surface area contributed by atoms with Crippen molar-refractivity contribution in [3.63, 3.8) is 0 Å². The molecule has 2 unspecified atom stereocenters. The van der Waals surface area contributed by atoms with Crippen molar-refractivity contribution >= 4 is 23.5 Å². The molecule has 2 atom stereocenters. The van der Waals surface area contributed by atoms with Gasteiger partial charge in [0.05, 0.1) is 13.2 Å². The Bertz CT molecular complexity index is 443. The zero-order valence-electron chi connectivity index (χ0n) is 20.0. The SMILES string of the molecule is CCOC(=O)CC(C)=O.CCOC(=O)CC(C)=O.COCC(C)[O][Zr][O]C(C)COC. The first-order valence-electron chi connectivity index (χ1n) is 9.88. The number of carbonyl (C=O) groups excluding carboxylic acids is 4. The number of carbonyl (C=O) groups is 4. The normalized spacial score (nSPS) is 11.5. The summed E-state index contributed by atoms with van der Waals surface area (Å²) < 4.78 is 29.8. The van der Waals surface area contributed by atoms with Crippen LogP contribution in [-0.2, 0) is 67.9 Å². The van der Waals surface area contributed by atoms with Gasteiger partial charge in [0.2, 0.25) is 0 Å². The quantitative estimate of drug-likeness (QED) is 0.244. The van der Waals surface area contributed by atoms with Crippen molar-refractivity contribution in [3.05, 3.63) is 0 Å². The van der Waals surface area contributed by atoms with Crippen LogP contribution in [0.2, 0.25) is 0 Å². The van der Waals surface area contributed by atoms with E-state index in [9.17, 15) is 19.2 Å². The first-order chi connectivity index (χ1) is 14.5. The van der Waals surface area contributed by atoms with Crippen LogP contribution in [0.3, 0.4) is 0 Å². The molecule has 0 bridgehead atoms. The van der Waals surface area contributed by atoms with Crippen molar-refractivity contribution < 1.29 is 67.9 Å². The number of methoxy groups -OCH3 is 2. The van der Waals surface area contributed by atoms with Crippen LogP contribution < -0.4 is 0 Å². The van der Waals surface area contributed by atoms with Crippen molar-refractivity contribution in [1.82, 2.24) is 0 Å². The van der Waals surface area contributed by atoms with Crippen LogP contribution in [0, 0.1) is 0 Å². The minimum absolute atomic E-state index is 0.103. The Hall–Kier alpha value is -0.997. The summed E-state index contributed by atoms with van der Waals surface area (Å²) in [6, 6.07) is 0. The summed E-state index contributed by atoms with van der Waals surface area (Å²) >= 11 is -1.15. The number of ether oxygens (including phenoxy) is 4. The van der Waals surface area contributed by atoms with Crippen molar-refractivity contribution in [2.45, 2.75) is 66.6 Å². The van der Waals surface area contributed by atoms with E-state index in [1.165, 1.54) is 13.8 Å². The van der Waals surface area contributed by atoms with Crippen LogP contribution in [0.5, 0.6) is 0 Å². The minimum atomic E-state index is -1.15. The molecule has 0 spiro atoms. The molecule has 0 rings (SSSR count). The average molecular weight is 530 g/mol. The number of rotatable bonds is 14. The molecule has 10 nitrogen and oxygen atoms in total. The van der Waals surface area contributed by atoms with Gasteiger partial charge in [-0.15, -0.1) is 0 Å². The molecule has 0 radical (unpaired) electrons. The molecule has 0 aliphatic carbocycles. The van der Waals surface area contributed by atoms with Crippen molar-refractivity contribution in [3.8, 4) is 0 Å². The van der Waals surface area contributed by atoms with Gasteiger partial charge in [-0.25, -0.2) is 0 Å². The van der Waals surface area contributed by atoms with Crippen molar-refractivity contribution in [2.75, 3.05) is 40.6 Å². The number of ketones is 2. The number of hydrogen-bond donors (Lipinski definition) is 0. The van der Waals surface area contributed by atoms with Gasteiger partial charge < -0.3 is 9.47 Å². The topological polar surface area (TPSA) is 124 Å². The Balaban J connectivity index is -0.000000390. The molecule has 0 saturated carbocycles. The van der Waals surface area contributed by atoms with Gasteiger partial charge in [-0.2, -0.15) is 0 Å². The molecule has 0 aromatic rings. The fourth-order valence-corrected chi connectivity index (χ4v) is 2.84. The number of esters is 2. The van der Waals surface area contributed by atoms with Gasteiger partial charge in [-0.1, -0.05) is 0 Å². The van der Waals surface area contributed by atoms with Crippen LogP contribution in [-0.4, -0.2) is 76.4 Å². The molecule has 0 heterocycles. The second-order valence-electron chi connectivity index (χ2n) is 6.22. The standard InChI is InChI=1S/2C6H10O3.2C4H9O2.Zr/c2*1-3-9-6(8)4-5(2)7;2*1-4(5)3-6-2;/h2*3-4H2,1-2H3;2*4H,3H2,1-2H3;/q;;2*-1;+2. The zero-order valence-corrected chi connectivity index (χ0v) is 22.4. The molecule has 0 saturated heterocycles. The van der Waals surface area contributed by atoms with Crippen molar-refractivity contribution in [2.24, 2.45) is 0 Å². The van der Waals surface area contributed by atoms with E-state index < -0.39 is 36.1 Å². The average Bonchev–Trinajstić information content (AvgIpc) is 2.62. The maximum atomic E-state index is 10.4. The van der Waals surface area contributed by atoms with E-state index in [1.54, 1.807) is 28.1 Å². The zero-order chi connectivity index (χ0) is 24.7. The van der Waals surface area contributed by atoms with Crippen LogP contribution in [0.15, 0.2) is 0 Å². The van der Waals surface area contributed by atoms with Gasteiger partial charge in [0, 0.05) is 0 Å². The first-order valence-corrected chi connectivity index (χ1v) is 11.9. The molecule has 182 valence electrons. The van der Waals surface area contributed by atoms with E-state index in [2.05, 4.69) is 9.47 Å². The van der Waals surface area contributed by atoms with E-state index in [0.29, 0.717) is 26.4 Å². The summed E-state index contributed by atoms with van der Waals surface area (Å²) in [4.78, 5) is 41.3. The second kappa shape index (κ2) is 25.3. The van der Waals surface area contributed by atoms with Gasteiger partial charge in [0.15, 0.2) is 0 Å². The monoisotopic (exact) mass is 528 g/mol. The molecular weight excluding hydrogens is 491 g/mol. The summed E-state index contributed by atoms with van der Waals surface area (Å²) in [5.74, 6) is -1.20. The Morgan fingerprint density at radius 1 is 0.710 bits per heavy atom. The Kier molecular flexibility index (Phi) is 28.2. The van der Waals surface area contributed by atoms with Crippen molar-refractivity contribution in [1.29, 1.82) is 0 Å². The predicted molar refractivity (Wildman–Crippen MR) is 109 cm³/mol. The molecule has 0 aliphatic heterocycles. The third kappa shape index (κ3) is 33.8. The Labute approximate surface area is 198 Å². The summed E-state index contributed by atoms with van der Waals surface area (Å²) in [6.45, 7) is 12.0. The molecule has 0 aliphatic rings. The molecule has 0 aromatic carbocycles. The van der Waals surface area contributed by atoms with Crippen LogP contribution in [0.25, 0.3) is 0 Å². The summed E-state index contributed by atoms with van der Waals surface area (Å²) in [5.41, 5.74) is 0. The summed E-state index contributed by atoms with van der Waals surface area (Å²) in [6.07, 6.45) is 0.0829. The van der Waals surface area contributed by atoms with Crippen LogP contribution in [0.1, 0.15) is 54.4 Å². The van der Waals surface area contributed by atoms with Gasteiger partial charge in [0.1, 0.15) is 24.4 Å². The summed E-state index contributed by atoms with van der Waals surface area (Å²) in [5, 5.41) is 0. The molecule has 0 aromatic heterocycles. The molecule has 0 fully saturated rings. The van der Waals surface area contributed by atoms with E-state index in [-0.39, 0.29) is 36.6 Å². The van der Waals surface area contributed by atoms with Crippen LogP contribution in [0.4, 0.5) is 0 Å². The van der Waals surface area contributed by atoms with E-state index in [4.69, 9.17) is 15.1 Å². The Morgan fingerprint density at radius 3 is 1.26 bits per heavy atom. The number of hydrogen-bond acceptors (Lipinski definition) is 10. The van der Waals surface area contributed by atoms with Crippen LogP contribution >= 0.6 is 0 Å². The summed E-state index contributed by atoms with van der Waals surface area (Å²) in [7, 11) is 3.33. The third-order valence-electron chi connectivity index (χ3n) is 2.70. The predicted octanol–water partition coefficient (Wildman–Crippen LogP) is 2.06. The molecule has 0 amide bonds. The van der Waals surface area contributed by atoms with E-state index in [0.717, 1.165) is 0 Å². The van der Waals surface area contributed by atoms with Gasteiger partial charge in [-0.05, 0) is 27.7 Å². The molecule has 31 heavy (non-hydrogen) atoms. The Morgan fingerprint density at radius 2 is 1.03 bits per heavy atom. The van der Waals surface area contributed by atoms with Gasteiger partial charge in [0.25, 0.3) is 0 Å².